The molecular formula is C14H14FNO2. The van der Waals surface area contributed by atoms with Crippen molar-refractivity contribution in [2.24, 2.45) is 0 Å². The van der Waals surface area contributed by atoms with Crippen LogP contribution in [0.25, 0.3) is 11.3 Å². The predicted octanol–water partition coefficient (Wildman–Crippen LogP) is 3.30. The monoisotopic (exact) mass is 247 g/mol. The Morgan fingerprint density at radius 3 is 2.44 bits per heavy atom. The summed E-state index contributed by atoms with van der Waals surface area (Å²) in [6.07, 6.45) is 0. The van der Waals surface area contributed by atoms with Crippen LogP contribution in [-0.2, 0) is 0 Å². The summed E-state index contributed by atoms with van der Waals surface area (Å²) in [5.41, 5.74) is 1.55. The van der Waals surface area contributed by atoms with Gasteiger partial charge in [-0.1, -0.05) is 0 Å². The zero-order valence-electron chi connectivity index (χ0n) is 10.3. The van der Waals surface area contributed by atoms with Crippen LogP contribution in [0.3, 0.4) is 0 Å². The molecule has 1 heterocycles. The van der Waals surface area contributed by atoms with Gasteiger partial charge in [0.25, 0.3) is 5.88 Å². The lowest BCUT2D eigenvalue weighted by atomic mass is 10.1. The van der Waals surface area contributed by atoms with E-state index < -0.39 is 0 Å². The minimum absolute atomic E-state index is 0.266. The molecule has 3 nitrogen and oxygen atoms in total. The average Bonchev–Trinajstić information content (AvgIpc) is 2.40. The standard InChI is InChI=1S/C14H14FNO2/c1-3-18-14-13(17-2)9-8-12(16-14)10-4-6-11(15)7-5-10/h4-9H,3H2,1-2H3. The van der Waals surface area contributed by atoms with Gasteiger partial charge in [0.1, 0.15) is 5.82 Å². The highest BCUT2D eigenvalue weighted by Gasteiger charge is 2.08. The second kappa shape index (κ2) is 5.49. The first-order chi connectivity index (χ1) is 8.74. The van der Waals surface area contributed by atoms with E-state index in [9.17, 15) is 4.39 Å². The van der Waals surface area contributed by atoms with Crippen molar-refractivity contribution in [3.8, 4) is 22.9 Å². The number of pyridine rings is 1. The maximum absolute atomic E-state index is 12.9. The Balaban J connectivity index is 2.39. The van der Waals surface area contributed by atoms with Crippen LogP contribution in [0.15, 0.2) is 36.4 Å². The van der Waals surface area contributed by atoms with Crippen LogP contribution in [0.1, 0.15) is 6.92 Å². The summed E-state index contributed by atoms with van der Waals surface area (Å²) < 4.78 is 23.4. The van der Waals surface area contributed by atoms with Gasteiger partial charge in [0.2, 0.25) is 0 Å². The van der Waals surface area contributed by atoms with Crippen molar-refractivity contribution in [1.82, 2.24) is 4.98 Å². The van der Waals surface area contributed by atoms with Crippen LogP contribution >= 0.6 is 0 Å². The van der Waals surface area contributed by atoms with Crippen LogP contribution in [-0.4, -0.2) is 18.7 Å². The summed E-state index contributed by atoms with van der Waals surface area (Å²) in [5, 5.41) is 0. The third kappa shape index (κ3) is 2.59. The molecular weight excluding hydrogens is 233 g/mol. The molecule has 4 heteroatoms. The van der Waals surface area contributed by atoms with Gasteiger partial charge in [0, 0.05) is 5.56 Å². The highest BCUT2D eigenvalue weighted by atomic mass is 19.1. The lowest BCUT2D eigenvalue weighted by Crippen LogP contribution is -1.98. The van der Waals surface area contributed by atoms with E-state index >= 15 is 0 Å². The highest BCUT2D eigenvalue weighted by molar-refractivity contribution is 5.61. The van der Waals surface area contributed by atoms with Crippen molar-refractivity contribution < 1.29 is 13.9 Å². The molecule has 0 radical (unpaired) electrons. The van der Waals surface area contributed by atoms with Gasteiger partial charge in [0.05, 0.1) is 19.4 Å². The molecule has 0 saturated heterocycles. The van der Waals surface area contributed by atoms with E-state index in [1.807, 2.05) is 13.0 Å². The smallest absolute Gasteiger partial charge is 0.257 e. The summed E-state index contributed by atoms with van der Waals surface area (Å²) in [5.74, 6) is 0.766. The van der Waals surface area contributed by atoms with Crippen molar-refractivity contribution in [2.45, 2.75) is 6.92 Å². The summed E-state index contributed by atoms with van der Waals surface area (Å²) in [7, 11) is 1.57. The molecule has 0 spiro atoms. The second-order valence-corrected chi connectivity index (χ2v) is 3.64. The molecule has 0 amide bonds. The fourth-order valence-corrected chi connectivity index (χ4v) is 1.60. The van der Waals surface area contributed by atoms with Gasteiger partial charge in [-0.15, -0.1) is 0 Å². The molecule has 1 aromatic carbocycles. The van der Waals surface area contributed by atoms with Gasteiger partial charge in [0.15, 0.2) is 5.75 Å². The fourth-order valence-electron chi connectivity index (χ4n) is 1.60. The van der Waals surface area contributed by atoms with Crippen molar-refractivity contribution in [1.29, 1.82) is 0 Å². The number of hydrogen-bond acceptors (Lipinski definition) is 3. The molecule has 0 unspecified atom stereocenters. The number of nitrogens with zero attached hydrogens (tertiary/aromatic N) is 1. The molecule has 2 rings (SSSR count). The Morgan fingerprint density at radius 2 is 1.83 bits per heavy atom. The molecule has 2 aromatic rings. The van der Waals surface area contributed by atoms with Crippen molar-refractivity contribution in [3.05, 3.63) is 42.2 Å². The summed E-state index contributed by atoms with van der Waals surface area (Å²) >= 11 is 0. The summed E-state index contributed by atoms with van der Waals surface area (Å²) in [6, 6.07) is 9.77. The maximum Gasteiger partial charge on any atom is 0.257 e. The molecule has 0 atom stereocenters. The number of methoxy groups -OCH3 is 1. The van der Waals surface area contributed by atoms with Crippen LogP contribution in [0.4, 0.5) is 4.39 Å². The Kier molecular flexibility index (Phi) is 3.77. The van der Waals surface area contributed by atoms with Gasteiger partial charge in [-0.25, -0.2) is 9.37 Å². The van der Waals surface area contributed by atoms with Crippen LogP contribution in [0.5, 0.6) is 11.6 Å². The minimum Gasteiger partial charge on any atom is -0.491 e. The number of ether oxygens (including phenoxy) is 2. The van der Waals surface area contributed by atoms with Gasteiger partial charge in [-0.2, -0.15) is 0 Å². The van der Waals surface area contributed by atoms with E-state index in [4.69, 9.17) is 9.47 Å². The number of aromatic nitrogens is 1. The Labute approximate surface area is 105 Å². The van der Waals surface area contributed by atoms with Gasteiger partial charge in [-0.3, -0.25) is 0 Å². The number of benzene rings is 1. The van der Waals surface area contributed by atoms with Crippen molar-refractivity contribution >= 4 is 0 Å². The molecule has 0 aliphatic carbocycles. The molecule has 0 fully saturated rings. The molecule has 94 valence electrons. The first-order valence-corrected chi connectivity index (χ1v) is 5.68. The quantitative estimate of drug-likeness (QED) is 0.830. The lowest BCUT2D eigenvalue weighted by Gasteiger charge is -2.09. The van der Waals surface area contributed by atoms with Crippen LogP contribution in [0, 0.1) is 5.82 Å². The van der Waals surface area contributed by atoms with Gasteiger partial charge >= 0.3 is 0 Å². The molecule has 0 N–H and O–H groups in total. The average molecular weight is 247 g/mol. The van der Waals surface area contributed by atoms with Crippen molar-refractivity contribution in [3.63, 3.8) is 0 Å². The Morgan fingerprint density at radius 1 is 1.11 bits per heavy atom. The van der Waals surface area contributed by atoms with Gasteiger partial charge < -0.3 is 9.47 Å². The third-order valence-corrected chi connectivity index (χ3v) is 2.47. The van der Waals surface area contributed by atoms with Gasteiger partial charge in [-0.05, 0) is 43.3 Å². The molecule has 0 aliphatic rings. The minimum atomic E-state index is -0.266. The normalized spacial score (nSPS) is 10.2. The number of rotatable bonds is 4. The second-order valence-electron chi connectivity index (χ2n) is 3.64. The predicted molar refractivity (Wildman–Crippen MR) is 67.4 cm³/mol. The molecule has 0 aliphatic heterocycles. The Hall–Kier alpha value is -2.10. The Bertz CT molecular complexity index is 526. The maximum atomic E-state index is 12.9. The summed E-state index contributed by atoms with van der Waals surface area (Å²) in [6.45, 7) is 2.39. The largest absolute Gasteiger partial charge is 0.491 e. The fraction of sp³-hybridized carbons (Fsp3) is 0.214. The number of halogens is 1. The van der Waals surface area contributed by atoms with E-state index in [1.54, 1.807) is 25.3 Å². The number of hydrogen-bond donors (Lipinski definition) is 0. The molecule has 18 heavy (non-hydrogen) atoms. The third-order valence-electron chi connectivity index (χ3n) is 2.47. The summed E-state index contributed by atoms with van der Waals surface area (Å²) in [4.78, 5) is 4.36. The molecule has 0 bridgehead atoms. The highest BCUT2D eigenvalue weighted by Crippen LogP contribution is 2.28. The molecule has 1 aromatic heterocycles. The molecule has 0 saturated carbocycles. The van der Waals surface area contributed by atoms with Crippen LogP contribution in [0.2, 0.25) is 0 Å². The first-order valence-electron chi connectivity index (χ1n) is 5.68. The SMILES string of the molecule is CCOc1nc(-c2ccc(F)cc2)ccc1OC. The van der Waals surface area contributed by atoms with E-state index in [1.165, 1.54) is 12.1 Å². The van der Waals surface area contributed by atoms with Crippen molar-refractivity contribution in [2.75, 3.05) is 13.7 Å². The topological polar surface area (TPSA) is 31.4 Å². The van der Waals surface area contributed by atoms with E-state index in [-0.39, 0.29) is 5.82 Å². The lowest BCUT2D eigenvalue weighted by molar-refractivity contribution is 0.299. The van der Waals surface area contributed by atoms with E-state index in [0.717, 1.165) is 11.3 Å². The zero-order chi connectivity index (χ0) is 13.0. The van der Waals surface area contributed by atoms with E-state index in [2.05, 4.69) is 4.98 Å². The first kappa shape index (κ1) is 12.4. The zero-order valence-corrected chi connectivity index (χ0v) is 10.3. The van der Waals surface area contributed by atoms with E-state index in [0.29, 0.717) is 18.2 Å². The van der Waals surface area contributed by atoms with Crippen LogP contribution < -0.4 is 9.47 Å².